The Morgan fingerprint density at radius 1 is 1.19 bits per heavy atom. The van der Waals surface area contributed by atoms with Crippen molar-refractivity contribution in [1.29, 1.82) is 0 Å². The maximum absolute atomic E-state index is 13.2. The Hall–Kier alpha value is -2.33. The van der Waals surface area contributed by atoms with Gasteiger partial charge in [-0.15, -0.1) is 0 Å². The van der Waals surface area contributed by atoms with Gasteiger partial charge in [-0.1, -0.05) is 6.07 Å². The number of aliphatic hydroxyl groups is 1. The van der Waals surface area contributed by atoms with E-state index in [-0.39, 0.29) is 17.1 Å². The summed E-state index contributed by atoms with van der Waals surface area (Å²) in [5, 5.41) is 12.1. The number of aliphatic hydroxyl groups excluding tert-OH is 1. The maximum Gasteiger partial charge on any atom is 0.255 e. The van der Waals surface area contributed by atoms with Crippen LogP contribution >= 0.6 is 0 Å². The highest BCUT2D eigenvalue weighted by molar-refractivity contribution is 7.89. The van der Waals surface area contributed by atoms with Gasteiger partial charge in [-0.3, -0.25) is 4.79 Å². The van der Waals surface area contributed by atoms with E-state index >= 15 is 0 Å². The minimum absolute atomic E-state index is 0.0136. The van der Waals surface area contributed by atoms with Crippen LogP contribution in [-0.2, 0) is 14.8 Å². The molecule has 0 aliphatic carbocycles. The van der Waals surface area contributed by atoms with Crippen molar-refractivity contribution in [2.75, 3.05) is 11.9 Å². The third-order valence-electron chi connectivity index (χ3n) is 3.88. The average Bonchev–Trinajstić information content (AvgIpc) is 2.99. The summed E-state index contributed by atoms with van der Waals surface area (Å²) in [6, 6.07) is 10.0. The average molecular weight is 380 g/mol. The van der Waals surface area contributed by atoms with Crippen LogP contribution in [-0.4, -0.2) is 38.4 Å². The van der Waals surface area contributed by atoms with Gasteiger partial charge in [0.25, 0.3) is 5.91 Å². The quantitative estimate of drug-likeness (QED) is 0.729. The van der Waals surface area contributed by atoms with Crippen LogP contribution in [0.2, 0.25) is 0 Å². The van der Waals surface area contributed by atoms with Gasteiger partial charge in [0.2, 0.25) is 10.0 Å². The summed E-state index contributed by atoms with van der Waals surface area (Å²) in [6.07, 6.45) is -0.795. The standard InChI is InChI=1S/C17H17FN2O5S/c18-12-3-1-2-11(10-12)16(21)19-13-4-6-14(7-5-13)26(23,24)20-15-8-9-25-17(15)22/h1-7,10,15,17,20,22H,8-9H2,(H,19,21)/t15-,17-/m0/s1. The Bertz CT molecular complexity index is 902. The first kappa shape index (κ1) is 18.5. The van der Waals surface area contributed by atoms with Crippen LogP contribution in [0.3, 0.4) is 0 Å². The van der Waals surface area contributed by atoms with E-state index in [2.05, 4.69) is 10.0 Å². The molecule has 3 N–H and O–H groups in total. The van der Waals surface area contributed by atoms with Crippen molar-refractivity contribution in [1.82, 2.24) is 4.72 Å². The number of carbonyl (C=O) groups is 1. The molecule has 1 aliphatic heterocycles. The Morgan fingerprint density at radius 2 is 1.92 bits per heavy atom. The molecule has 0 radical (unpaired) electrons. The molecule has 2 aromatic carbocycles. The van der Waals surface area contributed by atoms with Crippen LogP contribution < -0.4 is 10.0 Å². The molecule has 0 aromatic heterocycles. The van der Waals surface area contributed by atoms with Crippen LogP contribution in [0.5, 0.6) is 0 Å². The second-order valence-electron chi connectivity index (χ2n) is 5.77. The summed E-state index contributed by atoms with van der Waals surface area (Å²) in [7, 11) is -3.83. The minimum atomic E-state index is -3.83. The zero-order chi connectivity index (χ0) is 18.7. The fraction of sp³-hybridized carbons (Fsp3) is 0.235. The van der Waals surface area contributed by atoms with Gasteiger partial charge in [0.1, 0.15) is 5.82 Å². The fourth-order valence-electron chi connectivity index (χ4n) is 2.51. The van der Waals surface area contributed by atoms with Crippen LogP contribution in [0, 0.1) is 5.82 Å². The van der Waals surface area contributed by atoms with Crippen molar-refractivity contribution < 1.29 is 27.4 Å². The van der Waals surface area contributed by atoms with Crippen molar-refractivity contribution in [3.8, 4) is 0 Å². The van der Waals surface area contributed by atoms with E-state index in [0.29, 0.717) is 12.1 Å². The normalized spacial score (nSPS) is 20.1. The van der Waals surface area contributed by atoms with Crippen molar-refractivity contribution >= 4 is 21.6 Å². The van der Waals surface area contributed by atoms with Gasteiger partial charge in [-0.25, -0.2) is 17.5 Å². The Kier molecular flexibility index (Phi) is 5.33. The molecule has 1 saturated heterocycles. The second-order valence-corrected chi connectivity index (χ2v) is 7.48. The first-order valence-electron chi connectivity index (χ1n) is 7.84. The number of amides is 1. The number of hydrogen-bond acceptors (Lipinski definition) is 5. The van der Waals surface area contributed by atoms with Crippen LogP contribution in [0.15, 0.2) is 53.4 Å². The van der Waals surface area contributed by atoms with Crippen molar-refractivity contribution in [3.05, 3.63) is 59.9 Å². The summed E-state index contributed by atoms with van der Waals surface area (Å²) in [5.41, 5.74) is 0.515. The zero-order valence-electron chi connectivity index (χ0n) is 13.6. The first-order chi connectivity index (χ1) is 12.3. The van der Waals surface area contributed by atoms with E-state index in [4.69, 9.17) is 4.74 Å². The van der Waals surface area contributed by atoms with Gasteiger partial charge in [-0.05, 0) is 48.9 Å². The minimum Gasteiger partial charge on any atom is -0.367 e. The van der Waals surface area contributed by atoms with Crippen molar-refractivity contribution in [2.45, 2.75) is 23.6 Å². The van der Waals surface area contributed by atoms with E-state index in [9.17, 15) is 22.7 Å². The topological polar surface area (TPSA) is 105 Å². The van der Waals surface area contributed by atoms with E-state index in [1.165, 1.54) is 42.5 Å². The van der Waals surface area contributed by atoms with E-state index in [1.807, 2.05) is 0 Å². The molecule has 9 heteroatoms. The predicted octanol–water partition coefficient (Wildman–Crippen LogP) is 1.46. The van der Waals surface area contributed by atoms with E-state index < -0.39 is 34.1 Å². The Morgan fingerprint density at radius 3 is 2.54 bits per heavy atom. The summed E-state index contributed by atoms with van der Waals surface area (Å²) >= 11 is 0. The smallest absolute Gasteiger partial charge is 0.255 e. The highest BCUT2D eigenvalue weighted by Gasteiger charge is 2.30. The molecule has 2 atom stereocenters. The molecule has 0 saturated carbocycles. The molecule has 138 valence electrons. The molecule has 0 spiro atoms. The molecule has 26 heavy (non-hydrogen) atoms. The molecule has 7 nitrogen and oxygen atoms in total. The number of carbonyl (C=O) groups excluding carboxylic acids is 1. The highest BCUT2D eigenvalue weighted by Crippen LogP contribution is 2.18. The monoisotopic (exact) mass is 380 g/mol. The lowest BCUT2D eigenvalue weighted by atomic mass is 10.2. The molecular formula is C17H17FN2O5S. The molecule has 1 heterocycles. The number of ether oxygens (including phenoxy) is 1. The third-order valence-corrected chi connectivity index (χ3v) is 5.38. The fourth-order valence-corrected chi connectivity index (χ4v) is 3.77. The lowest BCUT2D eigenvalue weighted by Gasteiger charge is -2.15. The molecule has 1 amide bonds. The number of benzene rings is 2. The summed E-state index contributed by atoms with van der Waals surface area (Å²) in [5.74, 6) is -1.03. The zero-order valence-corrected chi connectivity index (χ0v) is 14.4. The van der Waals surface area contributed by atoms with Gasteiger partial charge >= 0.3 is 0 Å². The Labute approximate surface area is 149 Å². The Balaban J connectivity index is 1.69. The molecule has 0 bridgehead atoms. The molecule has 3 rings (SSSR count). The summed E-state index contributed by atoms with van der Waals surface area (Å²) in [4.78, 5) is 12.1. The van der Waals surface area contributed by atoms with Gasteiger partial charge in [0.05, 0.1) is 17.5 Å². The molecule has 1 fully saturated rings. The lowest BCUT2D eigenvalue weighted by molar-refractivity contribution is -0.0686. The van der Waals surface area contributed by atoms with Crippen LogP contribution in [0.25, 0.3) is 0 Å². The third kappa shape index (κ3) is 4.25. The van der Waals surface area contributed by atoms with Gasteiger partial charge in [0, 0.05) is 11.3 Å². The van der Waals surface area contributed by atoms with Crippen molar-refractivity contribution in [2.24, 2.45) is 0 Å². The van der Waals surface area contributed by atoms with Crippen molar-refractivity contribution in [3.63, 3.8) is 0 Å². The van der Waals surface area contributed by atoms with Crippen LogP contribution in [0.1, 0.15) is 16.8 Å². The van der Waals surface area contributed by atoms with Gasteiger partial charge < -0.3 is 15.2 Å². The number of rotatable bonds is 5. The number of nitrogens with one attached hydrogen (secondary N) is 2. The van der Waals surface area contributed by atoms with E-state index in [0.717, 1.165) is 6.07 Å². The SMILES string of the molecule is O=C(Nc1ccc(S(=O)(=O)N[C@H]2CCO[C@@H]2O)cc1)c1cccc(F)c1. The molecule has 0 unspecified atom stereocenters. The van der Waals surface area contributed by atoms with Gasteiger partial charge in [-0.2, -0.15) is 0 Å². The predicted molar refractivity (Wildman–Crippen MR) is 91.5 cm³/mol. The number of hydrogen-bond donors (Lipinski definition) is 3. The van der Waals surface area contributed by atoms with Crippen LogP contribution in [0.4, 0.5) is 10.1 Å². The number of anilines is 1. The van der Waals surface area contributed by atoms with E-state index in [1.54, 1.807) is 0 Å². The second kappa shape index (κ2) is 7.50. The number of sulfonamides is 1. The molecule has 1 aliphatic rings. The molecule has 2 aromatic rings. The largest absolute Gasteiger partial charge is 0.367 e. The lowest BCUT2D eigenvalue weighted by Crippen LogP contribution is -2.40. The molecular weight excluding hydrogens is 363 g/mol. The summed E-state index contributed by atoms with van der Waals surface area (Å²) in [6.45, 7) is 0.277. The number of halogens is 1. The highest BCUT2D eigenvalue weighted by atomic mass is 32.2. The summed E-state index contributed by atoms with van der Waals surface area (Å²) < 4.78 is 45.1. The maximum atomic E-state index is 13.2. The first-order valence-corrected chi connectivity index (χ1v) is 9.32. The van der Waals surface area contributed by atoms with Gasteiger partial charge in [0.15, 0.2) is 6.29 Å².